The average Bonchev–Trinajstić information content (AvgIpc) is 3.36. The third kappa shape index (κ3) is 7.07. The van der Waals surface area contributed by atoms with E-state index in [9.17, 15) is 9.18 Å². The molecule has 0 saturated carbocycles. The van der Waals surface area contributed by atoms with Crippen LogP contribution in [-0.2, 0) is 11.3 Å². The number of carbonyl (C=O) groups is 1. The first-order valence-corrected chi connectivity index (χ1v) is 14.6. The summed E-state index contributed by atoms with van der Waals surface area (Å²) in [6.45, 7) is 7.61. The van der Waals surface area contributed by atoms with Crippen LogP contribution in [0.1, 0.15) is 32.3 Å². The number of rotatable bonds is 10. The van der Waals surface area contributed by atoms with Crippen LogP contribution >= 0.6 is 11.3 Å². The maximum absolute atomic E-state index is 13.6. The number of methoxy groups -OCH3 is 1. The third-order valence-corrected chi connectivity index (χ3v) is 7.87. The van der Waals surface area contributed by atoms with Crippen LogP contribution in [0.5, 0.6) is 17.2 Å². The van der Waals surface area contributed by atoms with Gasteiger partial charge in [0, 0.05) is 31.7 Å². The number of hydrogen-bond acceptors (Lipinski definition) is 9. The predicted octanol–water partition coefficient (Wildman–Crippen LogP) is 7.12. The Morgan fingerprint density at radius 3 is 2.34 bits per heavy atom. The molecule has 8 nitrogen and oxygen atoms in total. The largest absolute Gasteiger partial charge is 0.513 e. The Morgan fingerprint density at radius 1 is 1.02 bits per heavy atom. The smallest absolute Gasteiger partial charge is 0.493 e. The van der Waals surface area contributed by atoms with Crippen molar-refractivity contribution in [2.24, 2.45) is 0 Å². The van der Waals surface area contributed by atoms with Gasteiger partial charge in [0.05, 0.1) is 36.1 Å². The lowest BCUT2D eigenvalue weighted by atomic mass is 9.99. The number of halogens is 1. The number of aromatic nitrogens is 1. The molecule has 0 unspecified atom stereocenters. The van der Waals surface area contributed by atoms with Gasteiger partial charge in [0.15, 0.2) is 5.13 Å². The summed E-state index contributed by atoms with van der Waals surface area (Å²) in [4.78, 5) is 18.5. The molecule has 1 aliphatic heterocycles. The molecule has 216 valence electrons. The molecule has 5 rings (SSSR count). The second kappa shape index (κ2) is 13.2. The molecule has 1 aromatic heterocycles. The maximum Gasteiger partial charge on any atom is 0.513 e. The van der Waals surface area contributed by atoms with E-state index in [0.717, 1.165) is 76.0 Å². The normalized spacial score (nSPS) is 14.1. The summed E-state index contributed by atoms with van der Waals surface area (Å²) in [5.74, 6) is 1.61. The molecule has 0 amide bonds. The lowest BCUT2D eigenvalue weighted by Gasteiger charge is -2.32. The number of nitrogens with zero attached hydrogens (tertiary/aromatic N) is 2. The molecule has 0 radical (unpaired) electrons. The number of benzene rings is 3. The lowest BCUT2D eigenvalue weighted by molar-refractivity contribution is 0.121. The molecular formula is C31H34FN3O5S. The summed E-state index contributed by atoms with van der Waals surface area (Å²) in [5.41, 5.74) is 3.60. The molecule has 0 aliphatic carbocycles. The Bertz CT molecular complexity index is 1460. The van der Waals surface area contributed by atoms with Crippen molar-refractivity contribution in [2.75, 3.05) is 38.7 Å². The number of likely N-dealkylation sites (tertiary alicyclic amines) is 1. The van der Waals surface area contributed by atoms with Crippen molar-refractivity contribution in [3.63, 3.8) is 0 Å². The van der Waals surface area contributed by atoms with E-state index in [1.807, 2.05) is 19.9 Å². The fourth-order valence-corrected chi connectivity index (χ4v) is 5.94. The Hall–Kier alpha value is -3.89. The maximum atomic E-state index is 13.6. The molecule has 0 spiro atoms. The fourth-order valence-electron chi connectivity index (χ4n) is 5.01. The van der Waals surface area contributed by atoms with Gasteiger partial charge < -0.3 is 24.3 Å². The third-order valence-electron chi connectivity index (χ3n) is 6.91. The second-order valence-electron chi connectivity index (χ2n) is 9.74. The van der Waals surface area contributed by atoms with Crippen molar-refractivity contribution in [3.8, 4) is 28.4 Å². The van der Waals surface area contributed by atoms with Crippen molar-refractivity contribution in [1.29, 1.82) is 0 Å². The zero-order chi connectivity index (χ0) is 28.8. The van der Waals surface area contributed by atoms with Gasteiger partial charge in [0.2, 0.25) is 0 Å². The quantitative estimate of drug-likeness (QED) is 0.157. The van der Waals surface area contributed by atoms with Crippen LogP contribution in [0.25, 0.3) is 21.3 Å². The van der Waals surface area contributed by atoms with Gasteiger partial charge >= 0.3 is 6.16 Å². The zero-order valence-electron chi connectivity index (χ0n) is 23.4. The number of anilines is 1. The average molecular weight is 580 g/mol. The number of fused-ring (bicyclic) bond motifs is 1. The van der Waals surface area contributed by atoms with Gasteiger partial charge in [-0.2, -0.15) is 0 Å². The van der Waals surface area contributed by atoms with Crippen LogP contribution < -0.4 is 19.5 Å². The molecule has 4 aromatic rings. The van der Waals surface area contributed by atoms with Crippen LogP contribution in [0.2, 0.25) is 0 Å². The van der Waals surface area contributed by atoms with Crippen molar-refractivity contribution < 1.29 is 28.1 Å². The highest BCUT2D eigenvalue weighted by Crippen LogP contribution is 2.40. The molecule has 2 heterocycles. The van der Waals surface area contributed by atoms with Gasteiger partial charge in [-0.25, -0.2) is 14.2 Å². The molecule has 0 atom stereocenters. The number of ether oxygens (including phenoxy) is 4. The first-order chi connectivity index (χ1) is 19.9. The van der Waals surface area contributed by atoms with E-state index in [-0.39, 0.29) is 5.82 Å². The van der Waals surface area contributed by atoms with Gasteiger partial charge in [-0.15, -0.1) is 0 Å². The number of hydrogen-bond donors (Lipinski definition) is 1. The highest BCUT2D eigenvalue weighted by atomic mass is 32.1. The summed E-state index contributed by atoms with van der Waals surface area (Å²) in [6, 6.07) is 16.3. The molecule has 0 bridgehead atoms. The minimum absolute atomic E-state index is 0.276. The van der Waals surface area contributed by atoms with Gasteiger partial charge in [-0.3, -0.25) is 4.90 Å². The molecule has 1 N–H and O–H groups in total. The Morgan fingerprint density at radius 2 is 1.71 bits per heavy atom. The highest BCUT2D eigenvalue weighted by molar-refractivity contribution is 7.22. The summed E-state index contributed by atoms with van der Waals surface area (Å²) in [6.07, 6.45) is 1.21. The molecular weight excluding hydrogens is 545 g/mol. The summed E-state index contributed by atoms with van der Waals surface area (Å²) >= 11 is 1.58. The Balaban J connectivity index is 1.24. The zero-order valence-corrected chi connectivity index (χ0v) is 24.3. The van der Waals surface area contributed by atoms with Crippen LogP contribution in [0.3, 0.4) is 0 Å². The van der Waals surface area contributed by atoms with Gasteiger partial charge in [0.1, 0.15) is 23.1 Å². The van der Waals surface area contributed by atoms with Crippen molar-refractivity contribution in [3.05, 3.63) is 66.0 Å². The number of nitrogens with one attached hydrogen (secondary N) is 1. The predicted molar refractivity (Wildman–Crippen MR) is 159 cm³/mol. The van der Waals surface area contributed by atoms with Crippen molar-refractivity contribution in [1.82, 2.24) is 9.88 Å². The van der Waals surface area contributed by atoms with Gasteiger partial charge in [-0.05, 0) is 74.2 Å². The van der Waals surface area contributed by atoms with Crippen LogP contribution in [0.4, 0.5) is 14.3 Å². The van der Waals surface area contributed by atoms with E-state index in [0.29, 0.717) is 25.0 Å². The molecule has 1 fully saturated rings. The first-order valence-electron chi connectivity index (χ1n) is 13.8. The fraction of sp³-hybridized carbons (Fsp3) is 0.355. The summed E-state index contributed by atoms with van der Waals surface area (Å²) in [5, 5.41) is 4.44. The van der Waals surface area contributed by atoms with Gasteiger partial charge in [0.25, 0.3) is 0 Å². The summed E-state index contributed by atoms with van der Waals surface area (Å²) < 4.78 is 36.4. The standard InChI is InChI=1S/C31H34FN3O5S/c1-4-38-26-16-20(17-27(39-5-2)29(26)21-6-8-22(32)9-7-21)19-35-14-12-23(13-15-35)33-30-34-25-18-24(40-31(36)37-3)10-11-28(25)41-30/h6-11,16-18,23H,4-5,12-15,19H2,1-3H3,(H,33,34). The van der Waals surface area contributed by atoms with E-state index < -0.39 is 6.16 Å². The number of piperidine rings is 1. The number of carbonyl (C=O) groups excluding carboxylic acids is 1. The summed E-state index contributed by atoms with van der Waals surface area (Å²) in [7, 11) is 1.28. The Kier molecular flexibility index (Phi) is 9.21. The van der Waals surface area contributed by atoms with Crippen LogP contribution in [-0.4, -0.2) is 55.5 Å². The minimum Gasteiger partial charge on any atom is -0.493 e. The number of thiazole rings is 1. The van der Waals surface area contributed by atoms with Crippen LogP contribution in [0.15, 0.2) is 54.6 Å². The monoisotopic (exact) mass is 579 g/mol. The molecule has 41 heavy (non-hydrogen) atoms. The van der Waals surface area contributed by atoms with E-state index in [2.05, 4.69) is 27.1 Å². The lowest BCUT2D eigenvalue weighted by Crippen LogP contribution is -2.38. The van der Waals surface area contributed by atoms with E-state index in [1.165, 1.54) is 19.2 Å². The molecule has 3 aromatic carbocycles. The van der Waals surface area contributed by atoms with E-state index >= 15 is 0 Å². The molecule has 10 heteroatoms. The van der Waals surface area contributed by atoms with Crippen molar-refractivity contribution in [2.45, 2.75) is 39.3 Å². The van der Waals surface area contributed by atoms with E-state index in [1.54, 1.807) is 35.6 Å². The minimum atomic E-state index is -0.753. The Labute approximate surface area is 243 Å². The van der Waals surface area contributed by atoms with Crippen molar-refractivity contribution >= 4 is 32.8 Å². The second-order valence-corrected chi connectivity index (χ2v) is 10.8. The van der Waals surface area contributed by atoms with Crippen LogP contribution in [0, 0.1) is 5.82 Å². The highest BCUT2D eigenvalue weighted by Gasteiger charge is 2.22. The van der Waals surface area contributed by atoms with E-state index in [4.69, 9.17) is 19.2 Å². The SMILES string of the molecule is CCOc1cc(CN2CCC(Nc3nc4cc(OC(=O)OC)ccc4s3)CC2)cc(OCC)c1-c1ccc(F)cc1. The first kappa shape index (κ1) is 28.6. The topological polar surface area (TPSA) is 82.2 Å². The molecule has 1 saturated heterocycles. The van der Waals surface area contributed by atoms with Gasteiger partial charge in [-0.1, -0.05) is 23.5 Å². The molecule has 1 aliphatic rings.